The molecular formula is C20H23N5O. The molecule has 0 atom stereocenters. The highest BCUT2D eigenvalue weighted by Gasteiger charge is 2.21. The second kappa shape index (κ2) is 6.94. The van der Waals surface area contributed by atoms with Crippen LogP contribution in [0.3, 0.4) is 0 Å². The van der Waals surface area contributed by atoms with Gasteiger partial charge in [-0.3, -0.25) is 9.80 Å². The number of fused-ring (bicyclic) bond motifs is 1. The fraction of sp³-hybridized carbons (Fsp3) is 0.400. The molecule has 0 spiro atoms. The van der Waals surface area contributed by atoms with Crippen LogP contribution in [0.1, 0.15) is 28.1 Å². The summed E-state index contributed by atoms with van der Waals surface area (Å²) < 4.78 is 7.31. The average molecular weight is 349 g/mol. The van der Waals surface area contributed by atoms with E-state index in [9.17, 15) is 5.26 Å². The van der Waals surface area contributed by atoms with Gasteiger partial charge in [-0.15, -0.1) is 0 Å². The Hall–Kier alpha value is -2.62. The normalized spacial score (nSPS) is 16.2. The topological polar surface area (TPSA) is 60.7 Å². The van der Waals surface area contributed by atoms with E-state index in [0.29, 0.717) is 0 Å². The van der Waals surface area contributed by atoms with E-state index < -0.39 is 0 Å². The van der Waals surface area contributed by atoms with E-state index in [1.807, 2.05) is 42.6 Å². The lowest BCUT2D eigenvalue weighted by molar-refractivity contribution is 0.121. The molecule has 0 radical (unpaired) electrons. The molecule has 0 bridgehead atoms. The second-order valence-electron chi connectivity index (χ2n) is 6.99. The lowest BCUT2D eigenvalue weighted by Gasteiger charge is -2.34. The third-order valence-electron chi connectivity index (χ3n) is 5.30. The van der Waals surface area contributed by atoms with Crippen LogP contribution in [0.4, 0.5) is 0 Å². The van der Waals surface area contributed by atoms with Gasteiger partial charge in [0.1, 0.15) is 11.8 Å². The predicted molar refractivity (Wildman–Crippen MR) is 98.6 cm³/mol. The van der Waals surface area contributed by atoms with Crippen LogP contribution in [0.15, 0.2) is 35.1 Å². The predicted octanol–water partition coefficient (Wildman–Crippen LogP) is 2.73. The van der Waals surface area contributed by atoms with E-state index >= 15 is 0 Å². The molecule has 6 nitrogen and oxygen atoms in total. The van der Waals surface area contributed by atoms with Gasteiger partial charge in [0, 0.05) is 62.8 Å². The van der Waals surface area contributed by atoms with Crippen molar-refractivity contribution in [2.45, 2.75) is 26.9 Å². The fourth-order valence-corrected chi connectivity index (χ4v) is 3.72. The minimum absolute atomic E-state index is 0.795. The number of hydrogen-bond donors (Lipinski definition) is 0. The highest BCUT2D eigenvalue weighted by atomic mass is 16.5. The molecule has 6 heteroatoms. The molecule has 1 aliphatic heterocycles. The van der Waals surface area contributed by atoms with Crippen molar-refractivity contribution in [2.24, 2.45) is 0 Å². The number of hydrogen-bond acceptors (Lipinski definition) is 5. The summed E-state index contributed by atoms with van der Waals surface area (Å²) in [4.78, 5) is 4.88. The van der Waals surface area contributed by atoms with Gasteiger partial charge in [-0.1, -0.05) is 11.2 Å². The molecule has 1 aliphatic rings. The quantitative estimate of drug-likeness (QED) is 0.725. The Morgan fingerprint density at radius 3 is 2.50 bits per heavy atom. The second-order valence-corrected chi connectivity index (χ2v) is 6.99. The van der Waals surface area contributed by atoms with E-state index in [1.54, 1.807) is 0 Å². The maximum Gasteiger partial charge on any atom is 0.138 e. The SMILES string of the molecule is Cc1noc(C)c1CN1CCN(Cc2cn3ccccc3c2C#N)CC1. The van der Waals surface area contributed by atoms with Crippen molar-refractivity contribution in [1.82, 2.24) is 19.4 Å². The van der Waals surface area contributed by atoms with Crippen molar-refractivity contribution < 1.29 is 4.52 Å². The van der Waals surface area contributed by atoms with Gasteiger partial charge < -0.3 is 8.92 Å². The molecule has 26 heavy (non-hydrogen) atoms. The van der Waals surface area contributed by atoms with Gasteiger partial charge in [-0.25, -0.2) is 0 Å². The number of aromatic nitrogens is 2. The molecule has 0 aromatic carbocycles. The van der Waals surface area contributed by atoms with Crippen molar-refractivity contribution >= 4 is 5.52 Å². The first kappa shape index (κ1) is 16.8. The summed E-state index contributed by atoms with van der Waals surface area (Å²) in [5, 5.41) is 13.6. The molecule has 0 aliphatic carbocycles. The molecule has 0 unspecified atom stereocenters. The van der Waals surface area contributed by atoms with Gasteiger partial charge >= 0.3 is 0 Å². The highest BCUT2D eigenvalue weighted by molar-refractivity contribution is 5.65. The molecule has 0 saturated carbocycles. The molecule has 0 amide bonds. The summed E-state index contributed by atoms with van der Waals surface area (Å²) >= 11 is 0. The summed E-state index contributed by atoms with van der Waals surface area (Å²) in [6.45, 7) is 9.73. The van der Waals surface area contributed by atoms with Crippen LogP contribution in [0, 0.1) is 25.2 Å². The number of piperazine rings is 1. The molecule has 1 fully saturated rings. The lowest BCUT2D eigenvalue weighted by Crippen LogP contribution is -2.45. The monoisotopic (exact) mass is 349 g/mol. The molecular weight excluding hydrogens is 326 g/mol. The first-order valence-electron chi connectivity index (χ1n) is 9.01. The Morgan fingerprint density at radius 2 is 1.85 bits per heavy atom. The Balaban J connectivity index is 1.41. The van der Waals surface area contributed by atoms with Gasteiger partial charge in [0.15, 0.2) is 0 Å². The van der Waals surface area contributed by atoms with Crippen LogP contribution >= 0.6 is 0 Å². The van der Waals surface area contributed by atoms with Gasteiger partial charge in [0.25, 0.3) is 0 Å². The molecule has 3 aromatic heterocycles. The zero-order valence-corrected chi connectivity index (χ0v) is 15.3. The molecule has 134 valence electrons. The fourth-order valence-electron chi connectivity index (χ4n) is 3.72. The Kier molecular flexibility index (Phi) is 4.49. The van der Waals surface area contributed by atoms with Crippen LogP contribution in [0.5, 0.6) is 0 Å². The minimum atomic E-state index is 0.795. The van der Waals surface area contributed by atoms with Gasteiger partial charge in [0.05, 0.1) is 16.8 Å². The molecule has 0 N–H and O–H groups in total. The number of rotatable bonds is 4. The summed E-state index contributed by atoms with van der Waals surface area (Å²) in [5.41, 5.74) is 5.09. The zero-order valence-electron chi connectivity index (χ0n) is 15.3. The minimum Gasteiger partial charge on any atom is -0.361 e. The van der Waals surface area contributed by atoms with Crippen LogP contribution in [0.25, 0.3) is 5.52 Å². The highest BCUT2D eigenvalue weighted by Crippen LogP contribution is 2.21. The van der Waals surface area contributed by atoms with E-state index in [1.165, 1.54) is 5.56 Å². The maximum atomic E-state index is 9.57. The Bertz CT molecular complexity index is 937. The van der Waals surface area contributed by atoms with E-state index in [-0.39, 0.29) is 0 Å². The lowest BCUT2D eigenvalue weighted by atomic mass is 10.1. The smallest absolute Gasteiger partial charge is 0.138 e. The van der Waals surface area contributed by atoms with E-state index in [2.05, 4.69) is 27.2 Å². The standard InChI is InChI=1S/C20H23N5O/c1-15-19(16(2)26-22-15)14-24-9-7-23(8-10-24)12-17-13-25-6-4-3-5-20(25)18(17)11-21/h3-6,13H,7-10,12,14H2,1-2H3. The van der Waals surface area contributed by atoms with Crippen LogP contribution in [-0.2, 0) is 13.1 Å². The van der Waals surface area contributed by atoms with Crippen molar-refractivity contribution in [3.63, 3.8) is 0 Å². The first-order valence-corrected chi connectivity index (χ1v) is 9.01. The largest absolute Gasteiger partial charge is 0.361 e. The van der Waals surface area contributed by atoms with Gasteiger partial charge in [-0.2, -0.15) is 5.26 Å². The molecule has 1 saturated heterocycles. The van der Waals surface area contributed by atoms with Crippen molar-refractivity contribution in [3.05, 3.63) is 58.7 Å². The first-order chi connectivity index (χ1) is 12.7. The third kappa shape index (κ3) is 3.12. The molecule has 4 heterocycles. The number of pyridine rings is 1. The van der Waals surface area contributed by atoms with Crippen molar-refractivity contribution in [3.8, 4) is 6.07 Å². The number of aryl methyl sites for hydroxylation is 2. The maximum absolute atomic E-state index is 9.57. The van der Waals surface area contributed by atoms with Crippen LogP contribution in [-0.4, -0.2) is 45.5 Å². The van der Waals surface area contributed by atoms with Gasteiger partial charge in [-0.05, 0) is 26.0 Å². The Labute approximate surface area is 153 Å². The molecule has 4 rings (SSSR count). The third-order valence-corrected chi connectivity index (χ3v) is 5.30. The van der Waals surface area contributed by atoms with Gasteiger partial charge in [0.2, 0.25) is 0 Å². The number of nitrogens with zero attached hydrogens (tertiary/aromatic N) is 5. The van der Waals surface area contributed by atoms with Crippen molar-refractivity contribution in [1.29, 1.82) is 5.26 Å². The van der Waals surface area contributed by atoms with E-state index in [0.717, 1.165) is 67.4 Å². The summed E-state index contributed by atoms with van der Waals surface area (Å²) in [6, 6.07) is 8.36. The van der Waals surface area contributed by atoms with Crippen LogP contribution in [0.2, 0.25) is 0 Å². The molecule has 3 aromatic rings. The summed E-state index contributed by atoms with van der Waals surface area (Å²) in [7, 11) is 0. The average Bonchev–Trinajstić information content (AvgIpc) is 3.17. The zero-order chi connectivity index (χ0) is 18.1. The number of nitriles is 1. The summed E-state index contributed by atoms with van der Waals surface area (Å²) in [6.07, 6.45) is 4.09. The van der Waals surface area contributed by atoms with Crippen LogP contribution < -0.4 is 0 Å². The summed E-state index contributed by atoms with van der Waals surface area (Å²) in [5.74, 6) is 0.920. The van der Waals surface area contributed by atoms with E-state index in [4.69, 9.17) is 4.52 Å². The Morgan fingerprint density at radius 1 is 1.12 bits per heavy atom. The van der Waals surface area contributed by atoms with Crippen molar-refractivity contribution in [2.75, 3.05) is 26.2 Å².